The third kappa shape index (κ3) is 17.7. The molecule has 0 aliphatic carbocycles. The Morgan fingerprint density at radius 2 is 1.22 bits per heavy atom. The second kappa shape index (κ2) is 16.2. The van der Waals surface area contributed by atoms with E-state index in [1.807, 2.05) is 0 Å². The molecule has 9 heavy (non-hydrogen) atoms. The van der Waals surface area contributed by atoms with Crippen LogP contribution in [0.15, 0.2) is 0 Å². The molecular formula is C6H14Cl2Sn. The zero-order valence-corrected chi connectivity index (χ0v) is 10.5. The van der Waals surface area contributed by atoms with Gasteiger partial charge in [-0.15, -0.1) is 0 Å². The minimum Gasteiger partial charge on any atom is -1.00 e. The van der Waals surface area contributed by atoms with Gasteiger partial charge >= 0.3 is 56.7 Å². The average Bonchev–Trinajstić information content (AvgIpc) is 1.69. The monoisotopic (exact) mass is 276 g/mol. The van der Waals surface area contributed by atoms with Crippen molar-refractivity contribution in [2.24, 2.45) is 0 Å². The molecule has 0 fully saturated rings. The molecule has 0 nitrogen and oxygen atoms in total. The minimum absolute atomic E-state index is 0. The average molecular weight is 276 g/mol. The van der Waals surface area contributed by atoms with Crippen molar-refractivity contribution in [3.05, 3.63) is 0 Å². The van der Waals surface area contributed by atoms with Crippen LogP contribution in [0.25, 0.3) is 0 Å². The molecule has 3 heteroatoms. The summed E-state index contributed by atoms with van der Waals surface area (Å²) in [6.45, 7) is 4.58. The van der Waals surface area contributed by atoms with Crippen LogP contribution >= 0.6 is 0 Å². The second-order valence-electron chi connectivity index (χ2n) is 1.75. The number of hydrogen-bond donors (Lipinski definition) is 0. The van der Waals surface area contributed by atoms with Crippen LogP contribution < -0.4 is 24.8 Å². The molecule has 0 atom stereocenters. The minimum atomic E-state index is 0. The van der Waals surface area contributed by atoms with E-state index in [9.17, 15) is 0 Å². The molecule has 0 aromatic rings. The Morgan fingerprint density at radius 1 is 0.889 bits per heavy atom. The van der Waals surface area contributed by atoms with Gasteiger partial charge in [-0.05, 0) is 0 Å². The van der Waals surface area contributed by atoms with Crippen LogP contribution in [0.4, 0.5) is 0 Å². The van der Waals surface area contributed by atoms with Crippen molar-refractivity contribution in [2.45, 2.75) is 35.6 Å². The SMILES string of the molecule is CC[CH2][Sn+2][CH2]CC.[Cl-].[Cl-]. The Bertz CT molecular complexity index is 30.2. The Hall–Kier alpha value is 1.38. The zero-order chi connectivity index (χ0) is 5.54. The van der Waals surface area contributed by atoms with E-state index < -0.39 is 0 Å². The van der Waals surface area contributed by atoms with Crippen molar-refractivity contribution in [1.82, 2.24) is 0 Å². The molecule has 0 aliphatic heterocycles. The third-order valence-electron chi connectivity index (χ3n) is 0.854. The van der Waals surface area contributed by atoms with E-state index in [0.717, 1.165) is 0 Å². The van der Waals surface area contributed by atoms with Crippen LogP contribution in [0.5, 0.6) is 0 Å². The van der Waals surface area contributed by atoms with E-state index in [-0.39, 0.29) is 46.0 Å². The molecular weight excluding hydrogens is 262 g/mol. The van der Waals surface area contributed by atoms with Gasteiger partial charge in [-0.2, -0.15) is 0 Å². The standard InChI is InChI=1S/2C3H7.2ClH.Sn/c2*1-3-2;;;/h2*1,3H2,2H3;2*1H;/q;;;;+2/p-2. The molecule has 0 spiro atoms. The largest absolute Gasteiger partial charge is 1.00 e. The van der Waals surface area contributed by atoms with E-state index in [1.165, 1.54) is 12.8 Å². The van der Waals surface area contributed by atoms with E-state index in [0.29, 0.717) is 0 Å². The summed E-state index contributed by atoms with van der Waals surface area (Å²) in [5, 5.41) is 0. The second-order valence-corrected chi connectivity index (χ2v) is 6.03. The van der Waals surface area contributed by atoms with Crippen LogP contribution in [-0.4, -0.2) is 21.1 Å². The normalized spacial score (nSPS) is 6.44. The summed E-state index contributed by atoms with van der Waals surface area (Å²) in [6.07, 6.45) is 2.87. The summed E-state index contributed by atoms with van der Waals surface area (Å²) in [6, 6.07) is 0. The van der Waals surface area contributed by atoms with Gasteiger partial charge in [0.2, 0.25) is 0 Å². The Kier molecular flexibility index (Phi) is 30.1. The van der Waals surface area contributed by atoms with Crippen LogP contribution in [-0.2, 0) is 0 Å². The first-order valence-electron chi connectivity index (χ1n) is 3.12. The van der Waals surface area contributed by atoms with Crippen molar-refractivity contribution in [2.75, 3.05) is 0 Å². The Morgan fingerprint density at radius 3 is 1.44 bits per heavy atom. The Balaban J connectivity index is -0.000000180. The maximum absolute atomic E-state index is 2.29. The number of halogens is 2. The molecule has 0 rings (SSSR count). The first-order chi connectivity index (χ1) is 3.41. The zero-order valence-electron chi connectivity index (χ0n) is 6.08. The maximum atomic E-state index is 2.29. The van der Waals surface area contributed by atoms with Crippen molar-refractivity contribution in [3.8, 4) is 0 Å². The van der Waals surface area contributed by atoms with Crippen LogP contribution in [0.3, 0.4) is 0 Å². The van der Waals surface area contributed by atoms with Gasteiger partial charge in [0.15, 0.2) is 0 Å². The topological polar surface area (TPSA) is 0 Å². The van der Waals surface area contributed by atoms with E-state index in [4.69, 9.17) is 0 Å². The molecule has 0 unspecified atom stereocenters. The van der Waals surface area contributed by atoms with Crippen LogP contribution in [0, 0.1) is 0 Å². The van der Waals surface area contributed by atoms with Gasteiger partial charge in [-0.1, -0.05) is 0 Å². The summed E-state index contributed by atoms with van der Waals surface area (Å²) < 4.78 is 3.19. The molecule has 0 aliphatic rings. The molecule has 0 saturated heterocycles. The summed E-state index contributed by atoms with van der Waals surface area (Å²) in [5.74, 6) is 0. The van der Waals surface area contributed by atoms with Gasteiger partial charge in [-0.3, -0.25) is 0 Å². The molecule has 0 aromatic heterocycles. The first kappa shape index (κ1) is 16.8. The summed E-state index contributed by atoms with van der Waals surface area (Å²) in [5.41, 5.74) is 0. The van der Waals surface area contributed by atoms with Crippen molar-refractivity contribution in [1.29, 1.82) is 0 Å². The first-order valence-corrected chi connectivity index (χ1v) is 7.16. The van der Waals surface area contributed by atoms with Crippen LogP contribution in [0.2, 0.25) is 8.87 Å². The molecule has 56 valence electrons. The fourth-order valence-electron chi connectivity index (χ4n) is 0.479. The third-order valence-corrected chi connectivity index (χ3v) is 5.73. The molecule has 0 amide bonds. The predicted octanol–water partition coefficient (Wildman–Crippen LogP) is -3.64. The van der Waals surface area contributed by atoms with Gasteiger partial charge in [0.1, 0.15) is 0 Å². The van der Waals surface area contributed by atoms with Gasteiger partial charge < -0.3 is 24.8 Å². The molecule has 0 N–H and O–H groups in total. The molecule has 0 heterocycles. The summed E-state index contributed by atoms with van der Waals surface area (Å²) in [4.78, 5) is 0. The molecule has 0 saturated carbocycles. The summed E-state index contributed by atoms with van der Waals surface area (Å²) in [7, 11) is 0. The van der Waals surface area contributed by atoms with E-state index >= 15 is 0 Å². The fraction of sp³-hybridized carbons (Fsp3) is 1.00. The molecule has 0 radical (unpaired) electrons. The van der Waals surface area contributed by atoms with Gasteiger partial charge in [0.25, 0.3) is 0 Å². The number of hydrogen-bond acceptors (Lipinski definition) is 0. The smallest absolute Gasteiger partial charge is 1.00 e. The van der Waals surface area contributed by atoms with Gasteiger partial charge in [-0.25, -0.2) is 0 Å². The van der Waals surface area contributed by atoms with Crippen LogP contribution in [0.1, 0.15) is 26.7 Å². The van der Waals surface area contributed by atoms with Gasteiger partial charge in [0, 0.05) is 0 Å². The van der Waals surface area contributed by atoms with Gasteiger partial charge in [0.05, 0.1) is 0 Å². The number of rotatable bonds is 4. The van der Waals surface area contributed by atoms with E-state index in [1.54, 1.807) is 8.87 Å². The van der Waals surface area contributed by atoms with Crippen molar-refractivity contribution >= 4 is 21.1 Å². The quantitative estimate of drug-likeness (QED) is 0.367. The molecule has 0 aromatic carbocycles. The van der Waals surface area contributed by atoms with E-state index in [2.05, 4.69) is 13.8 Å². The molecule has 0 bridgehead atoms. The summed E-state index contributed by atoms with van der Waals surface area (Å²) >= 11 is 0.181. The maximum Gasteiger partial charge on any atom is -1.00 e. The van der Waals surface area contributed by atoms with Crippen molar-refractivity contribution < 1.29 is 24.8 Å². The Labute approximate surface area is 81.2 Å². The van der Waals surface area contributed by atoms with Crippen molar-refractivity contribution in [3.63, 3.8) is 0 Å². The predicted molar refractivity (Wildman–Crippen MR) is 35.9 cm³/mol. The fourth-order valence-corrected chi connectivity index (χ4v) is 3.21.